The number of aromatic nitrogens is 2. The highest BCUT2D eigenvalue weighted by Crippen LogP contribution is 2.44. The average Bonchev–Trinajstić information content (AvgIpc) is 3.37. The Kier molecular flexibility index (Phi) is 6.19. The van der Waals surface area contributed by atoms with Gasteiger partial charge in [0.05, 0.1) is 33.0 Å². The highest BCUT2D eigenvalue weighted by atomic mass is 35.5. The van der Waals surface area contributed by atoms with E-state index in [-0.39, 0.29) is 27.6 Å². The van der Waals surface area contributed by atoms with E-state index in [1.165, 1.54) is 29.4 Å². The first-order valence-electron chi connectivity index (χ1n) is 11.0. The van der Waals surface area contributed by atoms with Gasteiger partial charge in [-0.05, 0) is 67.9 Å². The van der Waals surface area contributed by atoms with Crippen molar-refractivity contribution < 1.29 is 23.8 Å². The van der Waals surface area contributed by atoms with Crippen LogP contribution < -0.4 is 9.64 Å². The van der Waals surface area contributed by atoms with E-state index < -0.39 is 23.5 Å². The minimum atomic E-state index is -0.972. The Morgan fingerprint density at radius 1 is 1.14 bits per heavy atom. The number of amides is 1. The maximum absolute atomic E-state index is 14.0. The van der Waals surface area contributed by atoms with Crippen LogP contribution in [0.1, 0.15) is 31.0 Å². The lowest BCUT2D eigenvalue weighted by Crippen LogP contribution is -2.29. The summed E-state index contributed by atoms with van der Waals surface area (Å²) in [4.78, 5) is 36.2. The number of rotatable bonds is 5. The number of thiazole rings is 1. The minimum absolute atomic E-state index is 0.0290. The lowest BCUT2D eigenvalue weighted by Gasteiger charge is -2.22. The fourth-order valence-corrected chi connectivity index (χ4v) is 5.18. The van der Waals surface area contributed by atoms with Gasteiger partial charge in [0.15, 0.2) is 5.13 Å². The summed E-state index contributed by atoms with van der Waals surface area (Å²) in [6.45, 7) is 3.79. The molecule has 1 atom stereocenters. The Morgan fingerprint density at radius 2 is 1.83 bits per heavy atom. The lowest BCUT2D eigenvalue weighted by molar-refractivity contribution is -0.132. The fourth-order valence-electron chi connectivity index (χ4n) is 4.02. The minimum Gasteiger partial charge on any atom is -0.507 e. The molecule has 0 radical (unpaired) electrons. The van der Waals surface area contributed by atoms with Gasteiger partial charge in [0.2, 0.25) is 0 Å². The Morgan fingerprint density at radius 3 is 2.50 bits per heavy atom. The summed E-state index contributed by atoms with van der Waals surface area (Å²) in [7, 11) is 0. The van der Waals surface area contributed by atoms with Crippen molar-refractivity contribution in [3.63, 3.8) is 0 Å². The number of Topliss-reactive ketones (excluding diaryl/α,β-unsaturated/α-hetero) is 1. The number of ether oxygens (including phenoxy) is 1. The molecule has 1 aliphatic heterocycles. The molecule has 0 bridgehead atoms. The van der Waals surface area contributed by atoms with Crippen molar-refractivity contribution in [1.82, 2.24) is 9.97 Å². The van der Waals surface area contributed by atoms with Crippen LogP contribution in [-0.2, 0) is 9.59 Å². The van der Waals surface area contributed by atoms with Crippen molar-refractivity contribution in [1.29, 1.82) is 0 Å². The molecule has 1 N–H and O–H groups in total. The molecule has 1 unspecified atom stereocenters. The quantitative estimate of drug-likeness (QED) is 0.199. The highest BCUT2D eigenvalue weighted by molar-refractivity contribution is 7.22. The van der Waals surface area contributed by atoms with Crippen molar-refractivity contribution in [2.24, 2.45) is 0 Å². The normalized spacial score (nSPS) is 17.4. The van der Waals surface area contributed by atoms with Gasteiger partial charge in [-0.1, -0.05) is 22.9 Å². The molecule has 4 aromatic rings. The third kappa shape index (κ3) is 4.20. The van der Waals surface area contributed by atoms with E-state index in [9.17, 15) is 19.1 Å². The zero-order valence-electron chi connectivity index (χ0n) is 19.1. The van der Waals surface area contributed by atoms with E-state index in [4.69, 9.17) is 16.3 Å². The summed E-state index contributed by atoms with van der Waals surface area (Å²) in [5, 5.41) is 11.3. The number of aliphatic hydroxyl groups excluding tert-OH is 1. The standard InChI is InChI=1S/C26H19ClFN3O4S/c1-13(2)35-16-5-3-15(4-6-16)23(32)21-22(14-7-9-29-10-8-14)31(25(34)24(21)33)26-30-19-11-17(27)18(28)12-20(19)36-26/h3-13,22,32H,1-2H3/b23-21+. The van der Waals surface area contributed by atoms with Crippen molar-refractivity contribution in [2.45, 2.75) is 26.0 Å². The Hall–Kier alpha value is -3.82. The third-order valence-electron chi connectivity index (χ3n) is 5.59. The van der Waals surface area contributed by atoms with Crippen molar-refractivity contribution in [3.8, 4) is 5.75 Å². The van der Waals surface area contributed by atoms with Crippen molar-refractivity contribution >= 4 is 55.7 Å². The summed E-state index contributed by atoms with van der Waals surface area (Å²) < 4.78 is 20.1. The van der Waals surface area contributed by atoms with Crippen LogP contribution in [0.25, 0.3) is 16.0 Å². The average molecular weight is 524 g/mol. The molecule has 2 aromatic carbocycles. The number of aliphatic hydroxyl groups is 1. The largest absolute Gasteiger partial charge is 0.507 e. The predicted molar refractivity (Wildman–Crippen MR) is 136 cm³/mol. The summed E-state index contributed by atoms with van der Waals surface area (Å²) in [5.74, 6) is -2.06. The molecule has 2 aromatic heterocycles. The molecular formula is C26H19ClFN3O4S. The van der Waals surface area contributed by atoms with Gasteiger partial charge in [0, 0.05) is 18.0 Å². The number of pyridine rings is 1. The molecular weight excluding hydrogens is 505 g/mol. The van der Waals surface area contributed by atoms with Gasteiger partial charge in [0.1, 0.15) is 17.3 Å². The number of hydrogen-bond donors (Lipinski definition) is 1. The molecule has 36 heavy (non-hydrogen) atoms. The first kappa shape index (κ1) is 23.9. The van der Waals surface area contributed by atoms with Crippen molar-refractivity contribution in [3.05, 3.63) is 88.5 Å². The van der Waals surface area contributed by atoms with Crippen molar-refractivity contribution in [2.75, 3.05) is 4.90 Å². The monoisotopic (exact) mass is 523 g/mol. The molecule has 182 valence electrons. The Bertz CT molecular complexity index is 1480. The lowest BCUT2D eigenvalue weighted by atomic mass is 9.96. The molecule has 1 fully saturated rings. The second-order valence-electron chi connectivity index (χ2n) is 8.37. The molecule has 0 spiro atoms. The van der Waals surface area contributed by atoms with Crippen LogP contribution in [0.4, 0.5) is 9.52 Å². The summed E-state index contributed by atoms with van der Waals surface area (Å²) in [6, 6.07) is 11.5. The number of halogens is 2. The summed E-state index contributed by atoms with van der Waals surface area (Å²) >= 11 is 6.95. The van der Waals surface area contributed by atoms with Gasteiger partial charge in [-0.2, -0.15) is 0 Å². The van der Waals surface area contributed by atoms with Crippen LogP contribution in [0.2, 0.25) is 5.02 Å². The first-order valence-corrected chi connectivity index (χ1v) is 12.2. The molecule has 7 nitrogen and oxygen atoms in total. The van der Waals surface area contributed by atoms with E-state index in [1.54, 1.807) is 36.4 Å². The number of nitrogens with zero attached hydrogens (tertiary/aromatic N) is 3. The maximum atomic E-state index is 14.0. The SMILES string of the molecule is CC(C)Oc1ccc(/C(O)=C2\C(=O)C(=O)N(c3nc4cc(Cl)c(F)cc4s3)C2c2ccncc2)cc1. The second kappa shape index (κ2) is 9.33. The Balaban J connectivity index is 1.65. The van der Waals surface area contributed by atoms with E-state index in [1.807, 2.05) is 13.8 Å². The van der Waals surface area contributed by atoms with Crippen LogP contribution >= 0.6 is 22.9 Å². The second-order valence-corrected chi connectivity index (χ2v) is 9.79. The van der Waals surface area contributed by atoms with E-state index in [0.717, 1.165) is 11.3 Å². The molecule has 1 aliphatic rings. The molecule has 1 amide bonds. The maximum Gasteiger partial charge on any atom is 0.301 e. The van der Waals surface area contributed by atoms with Gasteiger partial charge < -0.3 is 9.84 Å². The first-order chi connectivity index (χ1) is 17.2. The summed E-state index contributed by atoms with van der Waals surface area (Å²) in [6.07, 6.45) is 3.03. The van der Waals surface area contributed by atoms with Crippen LogP contribution in [-0.4, -0.2) is 32.9 Å². The van der Waals surface area contributed by atoms with E-state index in [2.05, 4.69) is 9.97 Å². The van der Waals surface area contributed by atoms with Gasteiger partial charge in [0.25, 0.3) is 5.78 Å². The molecule has 5 rings (SSSR count). The number of anilines is 1. The number of fused-ring (bicyclic) bond motifs is 1. The molecule has 10 heteroatoms. The number of benzene rings is 2. The Labute approximate surface area is 214 Å². The van der Waals surface area contributed by atoms with Gasteiger partial charge in [-0.25, -0.2) is 9.37 Å². The van der Waals surface area contributed by atoms with Crippen LogP contribution in [0, 0.1) is 5.82 Å². The van der Waals surface area contributed by atoms with Crippen LogP contribution in [0.5, 0.6) is 5.75 Å². The smallest absolute Gasteiger partial charge is 0.301 e. The predicted octanol–water partition coefficient (Wildman–Crippen LogP) is 5.90. The number of carbonyl (C=O) groups is 2. The molecule has 0 saturated carbocycles. The summed E-state index contributed by atoms with van der Waals surface area (Å²) in [5.41, 5.74) is 1.19. The van der Waals surface area contributed by atoms with Gasteiger partial charge >= 0.3 is 5.91 Å². The van der Waals surface area contributed by atoms with E-state index >= 15 is 0 Å². The third-order valence-corrected chi connectivity index (χ3v) is 6.90. The van der Waals surface area contributed by atoms with E-state index in [0.29, 0.717) is 27.1 Å². The van der Waals surface area contributed by atoms with Crippen LogP contribution in [0.3, 0.4) is 0 Å². The molecule has 3 heterocycles. The fraction of sp³-hybridized carbons (Fsp3) is 0.154. The zero-order valence-corrected chi connectivity index (χ0v) is 20.7. The number of ketones is 1. The van der Waals surface area contributed by atoms with Gasteiger partial charge in [-0.3, -0.25) is 19.5 Å². The molecule has 0 aliphatic carbocycles. The molecule has 1 saturated heterocycles. The highest BCUT2D eigenvalue weighted by Gasteiger charge is 2.48. The number of carbonyl (C=O) groups excluding carboxylic acids is 2. The van der Waals surface area contributed by atoms with Crippen LogP contribution in [0.15, 0.2) is 66.5 Å². The number of hydrogen-bond acceptors (Lipinski definition) is 7. The topological polar surface area (TPSA) is 92.6 Å². The van der Waals surface area contributed by atoms with Gasteiger partial charge in [-0.15, -0.1) is 0 Å². The zero-order chi connectivity index (χ0) is 25.6.